The summed E-state index contributed by atoms with van der Waals surface area (Å²) in [5, 5.41) is 12.4. The molecule has 0 fully saturated rings. The Kier molecular flexibility index (Phi) is 6.73. The van der Waals surface area contributed by atoms with Crippen LogP contribution in [0.1, 0.15) is 40.9 Å². The van der Waals surface area contributed by atoms with Crippen molar-refractivity contribution in [3.8, 4) is 11.4 Å². The monoisotopic (exact) mass is 487 g/mol. The number of oxime groups is 1. The zero-order chi connectivity index (χ0) is 26.0. The van der Waals surface area contributed by atoms with Crippen molar-refractivity contribution in [2.24, 2.45) is 10.9 Å². The molecular formula is C27H26FN5O3. The molecule has 2 aromatic heterocycles. The third-order valence-corrected chi connectivity index (χ3v) is 6.06. The molecule has 2 aromatic carbocycles. The second-order valence-electron chi connectivity index (χ2n) is 8.36. The second kappa shape index (κ2) is 9.91. The maximum atomic E-state index is 13.6. The lowest BCUT2D eigenvalue weighted by Crippen LogP contribution is -2.29. The van der Waals surface area contributed by atoms with E-state index in [2.05, 4.69) is 16.7 Å². The minimum Gasteiger partial charge on any atom is -0.495 e. The van der Waals surface area contributed by atoms with Gasteiger partial charge < -0.3 is 24.8 Å². The van der Waals surface area contributed by atoms with Gasteiger partial charge >= 0.3 is 0 Å². The van der Waals surface area contributed by atoms with Gasteiger partial charge in [-0.3, -0.25) is 4.79 Å². The fourth-order valence-electron chi connectivity index (χ4n) is 3.99. The van der Waals surface area contributed by atoms with Crippen LogP contribution in [0.3, 0.4) is 0 Å². The summed E-state index contributed by atoms with van der Waals surface area (Å²) >= 11 is 0. The zero-order valence-corrected chi connectivity index (χ0v) is 20.1. The highest BCUT2D eigenvalue weighted by Gasteiger charge is 2.19. The predicted octanol–water partition coefficient (Wildman–Crippen LogP) is 4.26. The maximum Gasteiger partial charge on any atom is 0.259 e. The van der Waals surface area contributed by atoms with Crippen molar-refractivity contribution in [1.82, 2.24) is 14.1 Å². The van der Waals surface area contributed by atoms with E-state index < -0.39 is 6.04 Å². The molecule has 1 unspecified atom stereocenters. The Morgan fingerprint density at radius 2 is 1.89 bits per heavy atom. The molecule has 9 heteroatoms. The molecular weight excluding hydrogens is 461 g/mol. The molecule has 4 rings (SSSR count). The molecule has 0 aliphatic heterocycles. The van der Waals surface area contributed by atoms with Gasteiger partial charge in [0.2, 0.25) is 0 Å². The standard InChI is InChI=1S/C27H26FN5O3/c1-16-13-32(15-30-16)24-10-7-20(12-25(24)36-4)17(2)23-11-21(26(29)31-35)14-33(27(23)34)18(3)19-5-8-22(28)9-6-19/h5-15,18,35H,2H2,1,3-4H3,(H2,29,31). The van der Waals surface area contributed by atoms with Crippen LogP contribution < -0.4 is 16.0 Å². The van der Waals surface area contributed by atoms with Crippen LogP contribution in [-0.2, 0) is 0 Å². The molecule has 0 aliphatic rings. The molecule has 184 valence electrons. The normalized spacial score (nSPS) is 12.4. The summed E-state index contributed by atoms with van der Waals surface area (Å²) in [6.45, 7) is 7.87. The van der Waals surface area contributed by atoms with Crippen molar-refractivity contribution in [1.29, 1.82) is 0 Å². The Balaban J connectivity index is 1.82. The van der Waals surface area contributed by atoms with Crippen LogP contribution in [0, 0.1) is 12.7 Å². The number of aryl methyl sites for hydroxylation is 1. The molecule has 2 heterocycles. The second-order valence-corrected chi connectivity index (χ2v) is 8.36. The fourth-order valence-corrected chi connectivity index (χ4v) is 3.99. The fraction of sp³-hybridized carbons (Fsp3) is 0.148. The first-order chi connectivity index (χ1) is 17.2. The van der Waals surface area contributed by atoms with Gasteiger partial charge in [0.25, 0.3) is 5.56 Å². The van der Waals surface area contributed by atoms with Gasteiger partial charge in [-0.2, -0.15) is 0 Å². The topological polar surface area (TPSA) is 108 Å². The van der Waals surface area contributed by atoms with E-state index in [0.717, 1.165) is 11.4 Å². The number of nitrogens with two attached hydrogens (primary N) is 1. The van der Waals surface area contributed by atoms with Crippen LogP contribution in [-0.4, -0.2) is 32.3 Å². The highest BCUT2D eigenvalue weighted by molar-refractivity contribution is 5.97. The summed E-state index contributed by atoms with van der Waals surface area (Å²) in [4.78, 5) is 17.9. The number of pyridine rings is 1. The molecule has 0 aliphatic carbocycles. The number of amidine groups is 1. The minimum absolute atomic E-state index is 0.160. The number of hydrogen-bond acceptors (Lipinski definition) is 5. The number of benzene rings is 2. The molecule has 4 aromatic rings. The van der Waals surface area contributed by atoms with E-state index >= 15 is 0 Å². The van der Waals surface area contributed by atoms with Gasteiger partial charge in [0, 0.05) is 23.5 Å². The van der Waals surface area contributed by atoms with Crippen molar-refractivity contribution < 1.29 is 14.3 Å². The van der Waals surface area contributed by atoms with E-state index in [9.17, 15) is 14.4 Å². The number of ether oxygens (including phenoxy) is 1. The Morgan fingerprint density at radius 3 is 2.50 bits per heavy atom. The first kappa shape index (κ1) is 24.5. The largest absolute Gasteiger partial charge is 0.495 e. The van der Waals surface area contributed by atoms with E-state index in [1.807, 2.05) is 36.7 Å². The van der Waals surface area contributed by atoms with Crippen molar-refractivity contribution in [2.45, 2.75) is 19.9 Å². The van der Waals surface area contributed by atoms with Gasteiger partial charge in [-0.25, -0.2) is 9.37 Å². The number of hydrogen-bond donors (Lipinski definition) is 2. The Hall–Kier alpha value is -4.66. The van der Waals surface area contributed by atoms with Crippen LogP contribution in [0.4, 0.5) is 4.39 Å². The van der Waals surface area contributed by atoms with Gasteiger partial charge in [0.1, 0.15) is 11.6 Å². The van der Waals surface area contributed by atoms with Gasteiger partial charge in [-0.1, -0.05) is 29.9 Å². The number of rotatable bonds is 7. The van der Waals surface area contributed by atoms with E-state index in [4.69, 9.17) is 10.5 Å². The third kappa shape index (κ3) is 4.63. The van der Waals surface area contributed by atoms with E-state index in [-0.39, 0.29) is 22.8 Å². The summed E-state index contributed by atoms with van der Waals surface area (Å²) in [5.74, 6) is 0.0344. The molecule has 8 nitrogen and oxygen atoms in total. The Labute approximate surface area is 207 Å². The van der Waals surface area contributed by atoms with Crippen molar-refractivity contribution >= 4 is 11.4 Å². The molecule has 0 bridgehead atoms. The van der Waals surface area contributed by atoms with Crippen LogP contribution >= 0.6 is 0 Å². The molecule has 1 atom stereocenters. The van der Waals surface area contributed by atoms with Crippen molar-refractivity contribution in [3.63, 3.8) is 0 Å². The number of halogens is 1. The number of aromatic nitrogens is 3. The smallest absolute Gasteiger partial charge is 0.259 e. The Morgan fingerprint density at radius 1 is 1.17 bits per heavy atom. The molecule has 0 saturated heterocycles. The lowest BCUT2D eigenvalue weighted by atomic mass is 9.98. The maximum absolute atomic E-state index is 13.6. The molecule has 3 N–H and O–H groups in total. The molecule has 0 radical (unpaired) electrons. The summed E-state index contributed by atoms with van der Waals surface area (Å²) in [6, 6.07) is 12.4. The van der Waals surface area contributed by atoms with E-state index in [1.165, 1.54) is 29.0 Å². The summed E-state index contributed by atoms with van der Waals surface area (Å²) in [7, 11) is 1.56. The Bertz CT molecular complexity index is 1520. The SMILES string of the molecule is C=C(c1ccc(-n2cnc(C)c2)c(OC)c1)c1cc(/C(N)=N/O)cn(C(C)c2ccc(F)cc2)c1=O. The number of methoxy groups -OCH3 is 1. The average molecular weight is 488 g/mol. The van der Waals surface area contributed by atoms with Crippen LogP contribution in [0.15, 0.2) is 83.8 Å². The minimum atomic E-state index is -0.461. The lowest BCUT2D eigenvalue weighted by Gasteiger charge is -2.19. The lowest BCUT2D eigenvalue weighted by molar-refractivity contribution is 0.318. The quantitative estimate of drug-likeness (QED) is 0.175. The molecule has 0 saturated carbocycles. The van der Waals surface area contributed by atoms with Gasteiger partial charge in [0.05, 0.1) is 30.9 Å². The first-order valence-corrected chi connectivity index (χ1v) is 11.1. The molecule has 36 heavy (non-hydrogen) atoms. The summed E-state index contributed by atoms with van der Waals surface area (Å²) in [5.41, 5.74) is 9.60. The number of nitrogens with zero attached hydrogens (tertiary/aromatic N) is 4. The van der Waals surface area contributed by atoms with E-state index in [1.54, 1.807) is 31.6 Å². The van der Waals surface area contributed by atoms with Crippen LogP contribution in [0.5, 0.6) is 5.75 Å². The van der Waals surface area contributed by atoms with Gasteiger partial charge in [-0.05, 0) is 60.9 Å². The van der Waals surface area contributed by atoms with Gasteiger partial charge in [-0.15, -0.1) is 0 Å². The summed E-state index contributed by atoms with van der Waals surface area (Å²) in [6.07, 6.45) is 5.08. The molecule has 0 spiro atoms. The zero-order valence-electron chi connectivity index (χ0n) is 20.1. The average Bonchev–Trinajstić information content (AvgIpc) is 3.33. The summed E-state index contributed by atoms with van der Waals surface area (Å²) < 4.78 is 22.4. The highest BCUT2D eigenvalue weighted by atomic mass is 19.1. The van der Waals surface area contributed by atoms with Crippen LogP contribution in [0.2, 0.25) is 0 Å². The predicted molar refractivity (Wildman–Crippen MR) is 136 cm³/mol. The van der Waals surface area contributed by atoms with Crippen molar-refractivity contribution in [2.75, 3.05) is 7.11 Å². The van der Waals surface area contributed by atoms with Gasteiger partial charge in [0.15, 0.2) is 5.84 Å². The number of imidazole rings is 1. The van der Waals surface area contributed by atoms with Crippen molar-refractivity contribution in [3.05, 3.63) is 118 Å². The van der Waals surface area contributed by atoms with E-state index in [0.29, 0.717) is 28.0 Å². The highest BCUT2D eigenvalue weighted by Crippen LogP contribution is 2.30. The van der Waals surface area contributed by atoms with Crippen LogP contribution in [0.25, 0.3) is 11.3 Å². The first-order valence-electron chi connectivity index (χ1n) is 11.1. The third-order valence-electron chi connectivity index (χ3n) is 6.06. The molecule has 0 amide bonds.